The second-order valence-corrected chi connectivity index (χ2v) is 10.5. The minimum Gasteiger partial charge on any atom is -0.387 e. The Morgan fingerprint density at radius 1 is 1.17 bits per heavy atom. The highest BCUT2D eigenvalue weighted by Crippen LogP contribution is 2.54. The van der Waals surface area contributed by atoms with Crippen molar-refractivity contribution in [2.24, 2.45) is 5.92 Å². The van der Waals surface area contributed by atoms with E-state index in [-0.39, 0.29) is 0 Å². The number of anilines is 1. The zero-order valence-electron chi connectivity index (χ0n) is 23.2. The minimum absolute atomic E-state index is 0.636. The Balaban J connectivity index is 1.98. The Morgan fingerprint density at radius 2 is 1.94 bits per heavy atom. The van der Waals surface area contributed by atoms with Crippen LogP contribution >= 0.6 is 0 Å². The van der Waals surface area contributed by atoms with E-state index < -0.39 is 0 Å². The molecule has 36 heavy (non-hydrogen) atoms. The molecule has 0 aromatic heterocycles. The molecule has 0 bridgehead atoms. The van der Waals surface area contributed by atoms with Gasteiger partial charge in [0.15, 0.2) is 0 Å². The number of hydrogen-bond acceptors (Lipinski definition) is 1. The zero-order chi connectivity index (χ0) is 25.8. The predicted octanol–water partition coefficient (Wildman–Crippen LogP) is 9.97. The Kier molecular flexibility index (Phi) is 8.19. The average molecular weight is 478 g/mol. The van der Waals surface area contributed by atoms with Gasteiger partial charge in [-0.1, -0.05) is 87.6 Å². The monoisotopic (exact) mass is 477 g/mol. The van der Waals surface area contributed by atoms with E-state index in [9.17, 15) is 0 Å². The molecule has 2 aromatic rings. The topological polar surface area (TPSA) is 12.0 Å². The van der Waals surface area contributed by atoms with Crippen LogP contribution in [-0.2, 0) is 6.42 Å². The predicted molar refractivity (Wildman–Crippen MR) is 161 cm³/mol. The van der Waals surface area contributed by atoms with Crippen LogP contribution in [0.3, 0.4) is 0 Å². The van der Waals surface area contributed by atoms with Crippen LogP contribution in [0.15, 0.2) is 66.8 Å². The summed E-state index contributed by atoms with van der Waals surface area (Å²) in [5.41, 5.74) is 15.1. The van der Waals surface area contributed by atoms with Gasteiger partial charge in [-0.25, -0.2) is 0 Å². The van der Waals surface area contributed by atoms with Crippen LogP contribution in [0.5, 0.6) is 0 Å². The van der Waals surface area contributed by atoms with E-state index in [1.165, 1.54) is 75.0 Å². The van der Waals surface area contributed by atoms with Crippen molar-refractivity contribution in [3.8, 4) is 11.1 Å². The molecule has 1 saturated carbocycles. The quantitative estimate of drug-likeness (QED) is 0.379. The van der Waals surface area contributed by atoms with E-state index in [1.54, 1.807) is 5.56 Å². The number of allylic oxidation sites excluding steroid dienone is 8. The van der Waals surface area contributed by atoms with Gasteiger partial charge in [0.1, 0.15) is 0 Å². The molecular formula is C35H43N. The summed E-state index contributed by atoms with van der Waals surface area (Å²) in [6, 6.07) is 7.07. The third-order valence-corrected chi connectivity index (χ3v) is 8.08. The fourth-order valence-electron chi connectivity index (χ4n) is 5.94. The van der Waals surface area contributed by atoms with E-state index >= 15 is 0 Å². The van der Waals surface area contributed by atoms with E-state index in [2.05, 4.69) is 108 Å². The number of aryl methyl sites for hydroxylation is 1. The van der Waals surface area contributed by atoms with E-state index in [1.807, 2.05) is 6.08 Å². The lowest BCUT2D eigenvalue weighted by molar-refractivity contribution is 0.794. The SMILES string of the molecule is C=Cc1ccc(-c2c(C)c(C(/C=C3/C=CC=CC3)=C/C)c(NC)c(C)c2C2CC2C)cc1CCCC. The van der Waals surface area contributed by atoms with Crippen molar-refractivity contribution in [2.75, 3.05) is 12.4 Å². The molecule has 188 valence electrons. The van der Waals surface area contributed by atoms with Gasteiger partial charge in [0.05, 0.1) is 0 Å². The highest BCUT2D eigenvalue weighted by atomic mass is 14.8. The van der Waals surface area contributed by atoms with Gasteiger partial charge in [0.2, 0.25) is 0 Å². The van der Waals surface area contributed by atoms with Gasteiger partial charge in [0, 0.05) is 18.3 Å². The van der Waals surface area contributed by atoms with Gasteiger partial charge in [0.25, 0.3) is 0 Å². The molecule has 1 fully saturated rings. The third-order valence-electron chi connectivity index (χ3n) is 8.08. The molecule has 2 aliphatic rings. The first-order valence-corrected chi connectivity index (χ1v) is 13.8. The molecule has 2 unspecified atom stereocenters. The third kappa shape index (κ3) is 5.07. The molecule has 2 aromatic carbocycles. The van der Waals surface area contributed by atoms with Gasteiger partial charge in [-0.2, -0.15) is 0 Å². The first-order chi connectivity index (χ1) is 17.4. The Bertz CT molecular complexity index is 1260. The number of nitrogens with one attached hydrogen (secondary N) is 1. The Labute approximate surface area is 219 Å². The van der Waals surface area contributed by atoms with Gasteiger partial charge in [-0.3, -0.25) is 0 Å². The minimum atomic E-state index is 0.636. The lowest BCUT2D eigenvalue weighted by Gasteiger charge is -2.26. The van der Waals surface area contributed by atoms with Gasteiger partial charge < -0.3 is 5.32 Å². The van der Waals surface area contributed by atoms with Crippen LogP contribution in [0.2, 0.25) is 0 Å². The summed E-state index contributed by atoms with van der Waals surface area (Å²) in [6.45, 7) is 15.6. The molecule has 2 aliphatic carbocycles. The van der Waals surface area contributed by atoms with Crippen molar-refractivity contribution in [1.82, 2.24) is 0 Å². The average Bonchev–Trinajstić information content (AvgIpc) is 3.62. The summed E-state index contributed by atoms with van der Waals surface area (Å²) in [4.78, 5) is 0. The molecule has 1 N–H and O–H groups in total. The van der Waals surface area contributed by atoms with E-state index in [0.717, 1.165) is 18.8 Å². The molecule has 0 aliphatic heterocycles. The largest absolute Gasteiger partial charge is 0.387 e. The molecule has 2 atom stereocenters. The van der Waals surface area contributed by atoms with Gasteiger partial charge in [-0.05, 0) is 108 Å². The second-order valence-electron chi connectivity index (χ2n) is 10.5. The van der Waals surface area contributed by atoms with Crippen molar-refractivity contribution >= 4 is 17.3 Å². The van der Waals surface area contributed by atoms with Crippen LogP contribution in [0, 0.1) is 19.8 Å². The number of benzene rings is 2. The zero-order valence-corrected chi connectivity index (χ0v) is 23.2. The Hall–Kier alpha value is -3.06. The highest BCUT2D eigenvalue weighted by molar-refractivity contribution is 5.92. The maximum atomic E-state index is 4.09. The summed E-state index contributed by atoms with van der Waals surface area (Å²) in [5, 5.41) is 3.62. The normalized spacial score (nSPS) is 20.2. The molecule has 1 nitrogen and oxygen atoms in total. The fraction of sp³-hybridized carbons (Fsp3) is 0.371. The van der Waals surface area contributed by atoms with Crippen LogP contribution < -0.4 is 5.32 Å². The van der Waals surface area contributed by atoms with Crippen molar-refractivity contribution in [2.45, 2.75) is 72.6 Å². The van der Waals surface area contributed by atoms with Crippen molar-refractivity contribution in [3.05, 3.63) is 100 Å². The van der Waals surface area contributed by atoms with Crippen molar-refractivity contribution in [3.63, 3.8) is 0 Å². The Morgan fingerprint density at radius 3 is 2.53 bits per heavy atom. The smallest absolute Gasteiger partial charge is 0.0452 e. The number of hydrogen-bond donors (Lipinski definition) is 1. The lowest BCUT2D eigenvalue weighted by atomic mass is 9.81. The van der Waals surface area contributed by atoms with Crippen molar-refractivity contribution < 1.29 is 0 Å². The molecular weight excluding hydrogens is 434 g/mol. The molecule has 1 heteroatoms. The van der Waals surface area contributed by atoms with Gasteiger partial charge >= 0.3 is 0 Å². The molecule has 0 radical (unpaired) electrons. The fourth-order valence-corrected chi connectivity index (χ4v) is 5.94. The number of rotatable bonds is 9. The summed E-state index contributed by atoms with van der Waals surface area (Å²) in [6.07, 6.45) is 21.2. The van der Waals surface area contributed by atoms with Crippen LogP contribution in [0.4, 0.5) is 5.69 Å². The summed E-state index contributed by atoms with van der Waals surface area (Å²) in [7, 11) is 2.08. The van der Waals surface area contributed by atoms with Crippen LogP contribution in [-0.4, -0.2) is 7.05 Å². The summed E-state index contributed by atoms with van der Waals surface area (Å²) >= 11 is 0. The molecule has 0 spiro atoms. The maximum Gasteiger partial charge on any atom is 0.0452 e. The van der Waals surface area contributed by atoms with Crippen molar-refractivity contribution in [1.29, 1.82) is 0 Å². The molecule has 4 rings (SSSR count). The lowest BCUT2D eigenvalue weighted by Crippen LogP contribution is -2.07. The number of unbranched alkanes of at least 4 members (excludes halogenated alkanes) is 1. The van der Waals surface area contributed by atoms with Gasteiger partial charge in [-0.15, -0.1) is 0 Å². The first-order valence-electron chi connectivity index (χ1n) is 13.8. The summed E-state index contributed by atoms with van der Waals surface area (Å²) in [5.74, 6) is 1.38. The van der Waals surface area contributed by atoms with Crippen LogP contribution in [0.1, 0.15) is 85.8 Å². The standard InChI is InChI=1S/C35H43N/c1-8-11-17-29-22-30(19-18-27(29)9-2)32-24(5)33(28(10-3)21-26-15-13-12-14-16-26)35(36-7)25(6)34(32)31-20-23(31)4/h9-10,12-15,18-19,21-23,31,36H,2,8,11,16-17,20H2,1,3-7H3/b26-21-,28-10+. The van der Waals surface area contributed by atoms with E-state index in [4.69, 9.17) is 0 Å². The van der Waals surface area contributed by atoms with Crippen LogP contribution in [0.25, 0.3) is 22.8 Å². The maximum absolute atomic E-state index is 4.09. The molecule has 0 amide bonds. The highest BCUT2D eigenvalue weighted by Gasteiger charge is 2.38. The summed E-state index contributed by atoms with van der Waals surface area (Å²) < 4.78 is 0. The first kappa shape index (κ1) is 26.0. The molecule has 0 heterocycles. The molecule has 0 saturated heterocycles. The van der Waals surface area contributed by atoms with E-state index in [0.29, 0.717) is 5.92 Å². The second kappa shape index (κ2) is 11.3.